The number of hydrogen-bond acceptors (Lipinski definition) is 4. The molecule has 0 spiro atoms. The predicted octanol–water partition coefficient (Wildman–Crippen LogP) is 1.29. The van der Waals surface area contributed by atoms with Crippen molar-refractivity contribution < 1.29 is 8.42 Å². The molecule has 2 N–H and O–H groups in total. The molecule has 7 heteroatoms. The van der Waals surface area contributed by atoms with E-state index in [1.807, 2.05) is 44.2 Å². The summed E-state index contributed by atoms with van der Waals surface area (Å²) in [5.41, 5.74) is 1.17. The van der Waals surface area contributed by atoms with E-state index in [9.17, 15) is 8.42 Å². The summed E-state index contributed by atoms with van der Waals surface area (Å²) < 4.78 is 24.6. The monoisotopic (exact) mass is 294 g/mol. The molecule has 0 saturated heterocycles. The molecule has 0 atom stereocenters. The first-order valence-electron chi connectivity index (χ1n) is 6.40. The number of aromatic nitrogens is 3. The Balaban J connectivity index is 2.27. The maximum absolute atomic E-state index is 11.5. The second-order valence-corrected chi connectivity index (χ2v) is 6.35. The lowest BCUT2D eigenvalue weighted by Gasteiger charge is -2.12. The Morgan fingerprint density at radius 1 is 1.15 bits per heavy atom. The van der Waals surface area contributed by atoms with Crippen molar-refractivity contribution in [1.82, 2.24) is 14.8 Å². The van der Waals surface area contributed by atoms with Gasteiger partial charge >= 0.3 is 0 Å². The average Bonchev–Trinajstić information content (AvgIpc) is 2.81. The molecule has 20 heavy (non-hydrogen) atoms. The molecule has 0 radical (unpaired) electrons. The highest BCUT2D eigenvalue weighted by Crippen LogP contribution is 2.16. The smallest absolute Gasteiger partial charge is 0.273 e. The van der Waals surface area contributed by atoms with E-state index in [0.29, 0.717) is 12.2 Å². The molecular formula is C13H18N4O2S. The molecule has 0 aliphatic carbocycles. The topological polar surface area (TPSA) is 90.9 Å². The van der Waals surface area contributed by atoms with Crippen molar-refractivity contribution in [2.24, 2.45) is 5.14 Å². The Hall–Kier alpha value is -1.73. The van der Waals surface area contributed by atoms with Gasteiger partial charge in [0.25, 0.3) is 15.2 Å². The maximum Gasteiger partial charge on any atom is 0.273 e. The first kappa shape index (κ1) is 14.7. The first-order chi connectivity index (χ1) is 9.39. The number of hydrogen-bond donors (Lipinski definition) is 1. The van der Waals surface area contributed by atoms with E-state index >= 15 is 0 Å². The molecule has 0 amide bonds. The van der Waals surface area contributed by atoms with Gasteiger partial charge in [0.15, 0.2) is 0 Å². The third kappa shape index (κ3) is 3.23. The minimum Gasteiger partial charge on any atom is -0.298 e. The van der Waals surface area contributed by atoms with Crippen molar-refractivity contribution in [3.05, 3.63) is 41.7 Å². The summed E-state index contributed by atoms with van der Waals surface area (Å²) >= 11 is 0. The molecule has 1 heterocycles. The highest BCUT2D eigenvalue weighted by atomic mass is 32.2. The van der Waals surface area contributed by atoms with Crippen molar-refractivity contribution in [3.8, 4) is 0 Å². The summed E-state index contributed by atoms with van der Waals surface area (Å²) in [6.07, 6.45) is 1.39. The van der Waals surface area contributed by atoms with Gasteiger partial charge in [-0.15, -0.1) is 10.2 Å². The average molecular weight is 294 g/mol. The van der Waals surface area contributed by atoms with Gasteiger partial charge in [0, 0.05) is 12.5 Å². The SMILES string of the molecule is CC(C)n1c(CCc2ccccc2)nnc1S(N)(=O)=O. The van der Waals surface area contributed by atoms with Gasteiger partial charge in [-0.05, 0) is 25.8 Å². The van der Waals surface area contributed by atoms with Crippen LogP contribution >= 0.6 is 0 Å². The van der Waals surface area contributed by atoms with Gasteiger partial charge in [0.05, 0.1) is 0 Å². The summed E-state index contributed by atoms with van der Waals surface area (Å²) in [4.78, 5) is 0. The third-order valence-corrected chi connectivity index (χ3v) is 3.77. The van der Waals surface area contributed by atoms with Gasteiger partial charge in [0.1, 0.15) is 5.82 Å². The fourth-order valence-electron chi connectivity index (χ4n) is 2.09. The van der Waals surface area contributed by atoms with Gasteiger partial charge < -0.3 is 0 Å². The van der Waals surface area contributed by atoms with Crippen molar-refractivity contribution in [1.29, 1.82) is 0 Å². The Morgan fingerprint density at radius 2 is 1.80 bits per heavy atom. The van der Waals surface area contributed by atoms with Crippen molar-refractivity contribution >= 4 is 10.0 Å². The van der Waals surface area contributed by atoms with Gasteiger partial charge in [0.2, 0.25) is 0 Å². The summed E-state index contributed by atoms with van der Waals surface area (Å²) in [6, 6.07) is 9.88. The van der Waals surface area contributed by atoms with E-state index in [1.165, 1.54) is 5.56 Å². The van der Waals surface area contributed by atoms with Crippen LogP contribution in [0.15, 0.2) is 35.5 Å². The van der Waals surface area contributed by atoms with E-state index in [2.05, 4.69) is 10.2 Å². The van der Waals surface area contributed by atoms with E-state index in [-0.39, 0.29) is 11.2 Å². The van der Waals surface area contributed by atoms with Crippen LogP contribution in [0.2, 0.25) is 0 Å². The Kier molecular flexibility index (Phi) is 4.20. The van der Waals surface area contributed by atoms with E-state index < -0.39 is 10.0 Å². The second kappa shape index (κ2) is 5.72. The molecule has 0 aliphatic heterocycles. The second-order valence-electron chi connectivity index (χ2n) is 4.89. The standard InChI is InChI=1S/C13H18N4O2S/c1-10(2)17-12(15-16-13(17)20(14,18)19)9-8-11-6-4-3-5-7-11/h3-7,10H,8-9H2,1-2H3,(H2,14,18,19). The fourth-order valence-corrected chi connectivity index (χ4v) is 2.84. The molecule has 0 unspecified atom stereocenters. The Labute approximate surface area is 118 Å². The normalized spacial score (nSPS) is 12.0. The van der Waals surface area contributed by atoms with Crippen LogP contribution in [0.4, 0.5) is 0 Å². The molecule has 0 bridgehead atoms. The number of aryl methyl sites for hydroxylation is 2. The summed E-state index contributed by atoms with van der Waals surface area (Å²) in [6.45, 7) is 3.76. The van der Waals surface area contributed by atoms with Crippen LogP contribution < -0.4 is 5.14 Å². The minimum absolute atomic E-state index is 0.0656. The van der Waals surface area contributed by atoms with Crippen molar-refractivity contribution in [3.63, 3.8) is 0 Å². The number of primary sulfonamides is 1. The third-order valence-electron chi connectivity index (χ3n) is 2.99. The fraction of sp³-hybridized carbons (Fsp3) is 0.385. The van der Waals surface area contributed by atoms with Gasteiger partial charge in [-0.3, -0.25) is 4.57 Å². The molecule has 1 aromatic heterocycles. The Morgan fingerprint density at radius 3 is 2.35 bits per heavy atom. The van der Waals surface area contributed by atoms with Crippen molar-refractivity contribution in [2.75, 3.05) is 0 Å². The predicted molar refractivity (Wildman–Crippen MR) is 75.6 cm³/mol. The number of rotatable bonds is 5. The quantitative estimate of drug-likeness (QED) is 0.899. The molecule has 0 aliphatic rings. The van der Waals surface area contributed by atoms with Gasteiger partial charge in [-0.25, -0.2) is 13.6 Å². The molecule has 0 saturated carbocycles. The van der Waals surface area contributed by atoms with Gasteiger partial charge in [-0.2, -0.15) is 0 Å². The molecule has 2 aromatic rings. The van der Waals surface area contributed by atoms with Gasteiger partial charge in [-0.1, -0.05) is 30.3 Å². The zero-order valence-corrected chi connectivity index (χ0v) is 12.3. The lowest BCUT2D eigenvalue weighted by atomic mass is 10.1. The molecule has 1 aromatic carbocycles. The largest absolute Gasteiger partial charge is 0.298 e. The lowest BCUT2D eigenvalue weighted by Crippen LogP contribution is -2.20. The van der Waals surface area contributed by atoms with Crippen LogP contribution in [0.25, 0.3) is 0 Å². The zero-order chi connectivity index (χ0) is 14.8. The highest BCUT2D eigenvalue weighted by molar-refractivity contribution is 7.89. The number of nitrogens with zero attached hydrogens (tertiary/aromatic N) is 3. The number of benzene rings is 1. The number of sulfonamides is 1. The van der Waals surface area contributed by atoms with Crippen LogP contribution in [0.1, 0.15) is 31.3 Å². The minimum atomic E-state index is -3.85. The van der Waals surface area contributed by atoms with Crippen LogP contribution in [0, 0.1) is 0 Å². The Bertz CT molecular complexity index is 678. The van der Waals surface area contributed by atoms with Crippen molar-refractivity contribution in [2.45, 2.75) is 37.9 Å². The molecule has 6 nitrogen and oxygen atoms in total. The van der Waals surface area contributed by atoms with Crippen LogP contribution in [0.5, 0.6) is 0 Å². The van der Waals surface area contributed by atoms with Crippen LogP contribution in [-0.4, -0.2) is 23.2 Å². The molecular weight excluding hydrogens is 276 g/mol. The summed E-state index contributed by atoms with van der Waals surface area (Å²) in [5.74, 6) is 0.632. The molecule has 0 fully saturated rings. The lowest BCUT2D eigenvalue weighted by molar-refractivity contribution is 0.503. The summed E-state index contributed by atoms with van der Waals surface area (Å²) in [7, 11) is -3.85. The molecule has 108 valence electrons. The molecule has 2 rings (SSSR count). The van der Waals surface area contributed by atoms with Crippen LogP contribution in [-0.2, 0) is 22.9 Å². The van der Waals surface area contributed by atoms with E-state index in [0.717, 1.165) is 6.42 Å². The highest BCUT2D eigenvalue weighted by Gasteiger charge is 2.22. The van der Waals surface area contributed by atoms with E-state index in [1.54, 1.807) is 4.57 Å². The maximum atomic E-state index is 11.5. The van der Waals surface area contributed by atoms with Crippen LogP contribution in [0.3, 0.4) is 0 Å². The summed E-state index contributed by atoms with van der Waals surface area (Å²) in [5, 5.41) is 12.7. The first-order valence-corrected chi connectivity index (χ1v) is 7.94. The van der Waals surface area contributed by atoms with E-state index in [4.69, 9.17) is 5.14 Å². The number of nitrogens with two attached hydrogens (primary N) is 1. The zero-order valence-electron chi connectivity index (χ0n) is 11.5.